The smallest absolute Gasteiger partial charge is 0.310 e. The van der Waals surface area contributed by atoms with Gasteiger partial charge < -0.3 is 81.3 Å². The van der Waals surface area contributed by atoms with Gasteiger partial charge in [-0.05, 0) is 73.9 Å². The molecule has 11 rings (SSSR count). The van der Waals surface area contributed by atoms with Crippen LogP contribution in [0.4, 0.5) is 0 Å². The van der Waals surface area contributed by atoms with E-state index >= 15 is 0 Å². The zero-order chi connectivity index (χ0) is 74.0. The van der Waals surface area contributed by atoms with E-state index in [0.717, 1.165) is 66.0 Å². The van der Waals surface area contributed by atoms with Crippen LogP contribution in [0.3, 0.4) is 0 Å². The Morgan fingerprint density at radius 3 is 1.08 bits per heavy atom. The van der Waals surface area contributed by atoms with Crippen molar-refractivity contribution in [3.05, 3.63) is 215 Å². The molecule has 5 saturated heterocycles. The maximum Gasteiger partial charge on any atom is 0.310 e. The van der Waals surface area contributed by atoms with Crippen molar-refractivity contribution in [2.75, 3.05) is 33.0 Å². The third-order valence-corrected chi connectivity index (χ3v) is 16.4. The first-order valence-corrected chi connectivity index (χ1v) is 34.3. The molecule has 0 aromatic heterocycles. The van der Waals surface area contributed by atoms with Crippen LogP contribution in [-0.4, -0.2) is 164 Å². The first-order chi connectivity index (χ1) is 48.7. The number of carbonyl (C=O) groups is 6. The summed E-state index contributed by atoms with van der Waals surface area (Å²) in [5, 5.41) is 18.3. The van der Waals surface area contributed by atoms with Crippen molar-refractivity contribution >= 4 is 35.8 Å². The highest BCUT2D eigenvalue weighted by Crippen LogP contribution is 2.46. The topological polar surface area (TPSA) is 281 Å². The van der Waals surface area contributed by atoms with Crippen LogP contribution in [0, 0.1) is 0 Å². The second-order valence-corrected chi connectivity index (χ2v) is 25.5. The van der Waals surface area contributed by atoms with E-state index in [9.17, 15) is 29.1 Å². The summed E-state index contributed by atoms with van der Waals surface area (Å²) < 4.78 is 86.8. The standard InChI is InChI=1S/C31H36O5.C27H28O5.C15H24O8.C4H6O3.C2H4O2/c1-4-5-21-32-27-26(34-29-28(27)35-30(2,3)36-29)22-33-31(23-15-9-6-10-16-23,24-17-11-7-12-18-24)25-19-13-8-14-20-25;1-26(2)31-24-23(28)22(30-25(24)32-26)18-29-27(19-12-6-3-7-13-19,20-14-8-4-9-15-20)21-16-10-5-11-17-21;1-5-6-7-19-13-12(8-20-9(2)16)23-15(22-11(4)18)14(13)21-10(3)17;1-3(5)7-4(2)6;1-2(3)4/h6-20,26-29H,4-5,21-22H2,1-3H3;3-17,22-25,28H,18H2,1-2H3;12-15H,5-8H2,1-4H3;1-2H3;1H3,(H,3,4)/t26-,27+,28-,29?;22-,23+,24-,25?;12-,13+,14-,15?;;/m111../s1. The van der Waals surface area contributed by atoms with Gasteiger partial charge in [0.05, 0.1) is 13.2 Å². The number of carbonyl (C=O) groups excluding carboxylic acids is 5. The number of hydrogen-bond acceptors (Lipinski definition) is 22. The van der Waals surface area contributed by atoms with E-state index in [1.807, 2.05) is 107 Å². The molecular formula is C79H98O23. The Morgan fingerprint density at radius 1 is 0.412 bits per heavy atom. The van der Waals surface area contributed by atoms with E-state index in [1.54, 1.807) is 0 Å². The second kappa shape index (κ2) is 38.9. The lowest BCUT2D eigenvalue weighted by molar-refractivity contribution is -0.227. The molecule has 3 unspecified atom stereocenters. The zero-order valence-electron chi connectivity index (χ0n) is 60.1. The van der Waals surface area contributed by atoms with Crippen molar-refractivity contribution < 1.29 is 110 Å². The number of aliphatic hydroxyl groups excluding tert-OH is 1. The van der Waals surface area contributed by atoms with Crippen LogP contribution in [0.5, 0.6) is 0 Å². The van der Waals surface area contributed by atoms with Crippen LogP contribution in [0.15, 0.2) is 182 Å². The van der Waals surface area contributed by atoms with Gasteiger partial charge in [0.15, 0.2) is 30.3 Å². The molecule has 5 heterocycles. The van der Waals surface area contributed by atoms with Gasteiger partial charge in [0.2, 0.25) is 6.29 Å². The summed E-state index contributed by atoms with van der Waals surface area (Å²) in [6, 6.07) is 61.5. The van der Waals surface area contributed by atoms with Gasteiger partial charge >= 0.3 is 29.8 Å². The number of ether oxygens (including phenoxy) is 15. The highest BCUT2D eigenvalue weighted by Gasteiger charge is 2.57. The Balaban J connectivity index is 0.000000203. The predicted octanol–water partition coefficient (Wildman–Crippen LogP) is 11.4. The molecule has 0 saturated carbocycles. The SMILES string of the molecule is CC(=O)O.CC(=O)OC(C)=O.CC1(C)OC2O[C@H](COC(c3ccccc3)(c3ccccc3)c3ccccc3)[C@H](O)[C@H]2O1.CCCCO[C@H]1[C@@H](COC(C)=O)OC(OC(C)=O)[C@@H]1OC(C)=O.CCCCO[C@H]1[C@@H](COC(c2ccccc2)(c2ccccc2)c2ccccc2)OC2OC(C)(C)O[C@@H]21. The summed E-state index contributed by atoms with van der Waals surface area (Å²) in [7, 11) is 0. The summed E-state index contributed by atoms with van der Waals surface area (Å²) >= 11 is 0. The molecule has 5 aliphatic heterocycles. The number of esters is 5. The lowest BCUT2D eigenvalue weighted by Gasteiger charge is -2.37. The van der Waals surface area contributed by atoms with Gasteiger partial charge in [0, 0.05) is 54.8 Å². The largest absolute Gasteiger partial charge is 0.481 e. The molecule has 552 valence electrons. The summed E-state index contributed by atoms with van der Waals surface area (Å²) in [4.78, 5) is 62.1. The van der Waals surface area contributed by atoms with Crippen LogP contribution < -0.4 is 0 Å². The van der Waals surface area contributed by atoms with E-state index in [2.05, 4.69) is 121 Å². The van der Waals surface area contributed by atoms with Crippen molar-refractivity contribution in [3.8, 4) is 0 Å². The molecule has 5 aliphatic rings. The van der Waals surface area contributed by atoms with Gasteiger partial charge in [-0.2, -0.15) is 0 Å². The van der Waals surface area contributed by atoms with Gasteiger partial charge in [0.1, 0.15) is 66.6 Å². The van der Waals surface area contributed by atoms with Gasteiger partial charge in [0.25, 0.3) is 5.97 Å². The average Bonchev–Trinajstić information content (AvgIpc) is 1.38. The number of unbranched alkanes of at least 4 members (excludes halogenated alkanes) is 2. The number of benzene rings is 6. The highest BCUT2D eigenvalue weighted by atomic mass is 16.9. The molecule has 0 radical (unpaired) electrons. The van der Waals surface area contributed by atoms with Crippen LogP contribution >= 0.6 is 0 Å². The minimum Gasteiger partial charge on any atom is -0.481 e. The minimum absolute atomic E-state index is 0.0817. The van der Waals surface area contributed by atoms with E-state index in [0.29, 0.717) is 19.8 Å². The van der Waals surface area contributed by atoms with Crippen LogP contribution in [0.25, 0.3) is 0 Å². The number of aliphatic carboxylic acids is 1. The average molecular weight is 1420 g/mol. The lowest BCUT2D eigenvalue weighted by Crippen LogP contribution is -2.42. The van der Waals surface area contributed by atoms with E-state index in [-0.39, 0.29) is 31.5 Å². The number of fused-ring (bicyclic) bond motifs is 2. The van der Waals surface area contributed by atoms with Crippen molar-refractivity contribution in [1.29, 1.82) is 0 Å². The summed E-state index contributed by atoms with van der Waals surface area (Å²) in [5.74, 6) is -5.03. The molecule has 5 fully saturated rings. The molecule has 0 amide bonds. The number of hydrogen-bond donors (Lipinski definition) is 2. The number of carboxylic acids is 1. The molecule has 6 aromatic rings. The van der Waals surface area contributed by atoms with Crippen LogP contribution in [0.2, 0.25) is 0 Å². The molecule has 23 nitrogen and oxygen atoms in total. The van der Waals surface area contributed by atoms with Gasteiger partial charge in [-0.25, -0.2) is 0 Å². The fourth-order valence-electron chi connectivity index (χ4n) is 12.3. The number of aliphatic hydroxyl groups is 1. The predicted molar refractivity (Wildman–Crippen MR) is 371 cm³/mol. The Kier molecular flexibility index (Phi) is 31.0. The summed E-state index contributed by atoms with van der Waals surface area (Å²) in [6.45, 7) is 20.3. The fourth-order valence-corrected chi connectivity index (χ4v) is 12.3. The first-order valence-electron chi connectivity index (χ1n) is 34.3. The van der Waals surface area contributed by atoms with Crippen molar-refractivity contribution in [2.24, 2.45) is 0 Å². The fraction of sp³-hybridized carbons (Fsp3) is 0.468. The van der Waals surface area contributed by atoms with Gasteiger partial charge in [-0.15, -0.1) is 0 Å². The maximum absolute atomic E-state index is 11.3. The first kappa shape index (κ1) is 81.2. The molecule has 0 bridgehead atoms. The monoisotopic (exact) mass is 1410 g/mol. The van der Waals surface area contributed by atoms with E-state index in [4.69, 9.17) is 76.2 Å². The molecule has 23 heteroatoms. The molecule has 2 N–H and O–H groups in total. The van der Waals surface area contributed by atoms with Crippen molar-refractivity contribution in [1.82, 2.24) is 0 Å². The molecule has 6 aromatic carbocycles. The maximum atomic E-state index is 11.3. The van der Waals surface area contributed by atoms with E-state index < -0.39 is 114 Å². The normalized spacial score (nSPS) is 24.0. The highest BCUT2D eigenvalue weighted by molar-refractivity contribution is 5.82. The van der Waals surface area contributed by atoms with Crippen LogP contribution in [-0.2, 0) is 111 Å². The lowest BCUT2D eigenvalue weighted by atomic mass is 9.80. The van der Waals surface area contributed by atoms with Crippen molar-refractivity contribution in [3.63, 3.8) is 0 Å². The molecule has 0 spiro atoms. The zero-order valence-corrected chi connectivity index (χ0v) is 60.1. The Hall–Kier alpha value is -8.14. The van der Waals surface area contributed by atoms with Crippen LogP contribution in [0.1, 0.15) is 142 Å². The minimum atomic E-state index is -1.09. The Morgan fingerprint density at radius 2 is 0.745 bits per heavy atom. The number of rotatable bonds is 24. The van der Waals surface area contributed by atoms with Crippen molar-refractivity contribution in [2.45, 2.75) is 205 Å². The summed E-state index contributed by atoms with van der Waals surface area (Å²) in [5.41, 5.74) is 4.47. The quantitative estimate of drug-likeness (QED) is 0.0187. The third-order valence-electron chi connectivity index (χ3n) is 16.4. The number of carboxylic acid groups (broad SMARTS) is 1. The molecule has 12 atom stereocenters. The molecule has 0 aliphatic carbocycles. The van der Waals surface area contributed by atoms with Gasteiger partial charge in [-0.1, -0.05) is 209 Å². The molecule has 102 heavy (non-hydrogen) atoms. The third kappa shape index (κ3) is 22.7. The van der Waals surface area contributed by atoms with E-state index in [1.165, 1.54) is 34.6 Å². The molecular weight excluding hydrogens is 1320 g/mol. The van der Waals surface area contributed by atoms with Gasteiger partial charge in [-0.3, -0.25) is 28.8 Å². The second-order valence-electron chi connectivity index (χ2n) is 25.5. The summed E-state index contributed by atoms with van der Waals surface area (Å²) in [6.07, 6.45) is -3.52. The Labute approximate surface area is 597 Å². The Bertz CT molecular complexity index is 3320.